The summed E-state index contributed by atoms with van der Waals surface area (Å²) in [5.74, 6) is -4.09. The number of hydrogen-bond acceptors (Lipinski definition) is 9. The number of esters is 2. The highest BCUT2D eigenvalue weighted by Gasteiger charge is 2.56. The van der Waals surface area contributed by atoms with Gasteiger partial charge in [-0.1, -0.05) is 107 Å². The van der Waals surface area contributed by atoms with Crippen LogP contribution in [0.3, 0.4) is 0 Å². The van der Waals surface area contributed by atoms with Crippen LogP contribution in [-0.2, 0) is 35.3 Å². The van der Waals surface area contributed by atoms with Crippen LogP contribution in [0.25, 0.3) is 0 Å². The number of β-lactam (4-membered cyclic amide) rings is 1. The van der Waals surface area contributed by atoms with Crippen molar-refractivity contribution in [3.8, 4) is 0 Å². The third-order valence-electron chi connectivity index (χ3n) is 8.34. The molecule has 2 heterocycles. The Kier molecular flexibility index (Phi) is 10.7. The van der Waals surface area contributed by atoms with E-state index in [1.165, 1.54) is 40.9 Å². The van der Waals surface area contributed by atoms with Crippen LogP contribution < -0.4 is 5.32 Å². The number of thioether (sulfide) groups is 1. The molecular weight excluding hydrogens is 726 g/mol. The molecule has 254 valence electrons. The first kappa shape index (κ1) is 34.6. The molecule has 1 N–H and O–H groups in total. The minimum atomic E-state index is -1.39. The number of rotatable bonds is 12. The minimum absolute atomic E-state index is 0.0917. The van der Waals surface area contributed by atoms with Crippen molar-refractivity contribution in [2.75, 3.05) is 5.33 Å². The molecule has 2 aliphatic heterocycles. The lowest BCUT2D eigenvalue weighted by atomic mass is 9.95. The van der Waals surface area contributed by atoms with Gasteiger partial charge in [0.2, 0.25) is 11.8 Å². The summed E-state index contributed by atoms with van der Waals surface area (Å²) < 4.78 is 11.6. The van der Waals surface area contributed by atoms with Crippen molar-refractivity contribution in [2.45, 2.75) is 36.1 Å². The lowest BCUT2D eigenvalue weighted by molar-refractivity contribution is -0.384. The van der Waals surface area contributed by atoms with Crippen molar-refractivity contribution >= 4 is 57.1 Å². The summed E-state index contributed by atoms with van der Waals surface area (Å²) in [4.78, 5) is 66.7. The average Bonchev–Trinajstić information content (AvgIpc) is 3.15. The first-order valence-electron chi connectivity index (χ1n) is 15.5. The molecule has 11 nitrogen and oxygen atoms in total. The fraction of sp³-hybridized carbons (Fsp3) is 0.189. The second-order valence-electron chi connectivity index (χ2n) is 11.5. The molecule has 0 saturated carbocycles. The molecule has 50 heavy (non-hydrogen) atoms. The number of nitro benzene ring substituents is 1. The van der Waals surface area contributed by atoms with Crippen LogP contribution in [0, 0.1) is 10.1 Å². The summed E-state index contributed by atoms with van der Waals surface area (Å²) in [5, 5.41) is 15.1. The van der Waals surface area contributed by atoms with E-state index in [0.29, 0.717) is 16.7 Å². The fourth-order valence-electron chi connectivity index (χ4n) is 5.80. The largest absolute Gasteiger partial charge is 0.459 e. The molecule has 1 fully saturated rings. The highest BCUT2D eigenvalue weighted by Crippen LogP contribution is 2.41. The molecule has 0 bridgehead atoms. The number of hydrogen-bond donors (Lipinski definition) is 1. The number of amides is 2. The van der Waals surface area contributed by atoms with Crippen LogP contribution >= 0.6 is 27.7 Å². The zero-order chi connectivity index (χ0) is 35.2. The van der Waals surface area contributed by atoms with Crippen molar-refractivity contribution in [3.63, 3.8) is 0 Å². The fourth-order valence-corrected chi connectivity index (χ4v) is 7.71. The predicted molar refractivity (Wildman–Crippen MR) is 189 cm³/mol. The van der Waals surface area contributed by atoms with E-state index < -0.39 is 58.2 Å². The van der Waals surface area contributed by atoms with Crippen LogP contribution in [-0.4, -0.2) is 56.4 Å². The predicted octanol–water partition coefficient (Wildman–Crippen LogP) is 5.80. The quantitative estimate of drug-likeness (QED) is 0.0474. The lowest BCUT2D eigenvalue weighted by Crippen LogP contribution is -2.74. The minimum Gasteiger partial charge on any atom is -0.459 e. The van der Waals surface area contributed by atoms with Crippen molar-refractivity contribution in [1.82, 2.24) is 10.2 Å². The molecule has 0 aromatic heterocycles. The number of benzene rings is 4. The highest BCUT2D eigenvalue weighted by molar-refractivity contribution is 9.09. The van der Waals surface area contributed by atoms with Gasteiger partial charge in [-0.05, 0) is 45.4 Å². The van der Waals surface area contributed by atoms with Gasteiger partial charge in [-0.15, -0.1) is 11.8 Å². The number of non-ortho nitro benzene ring substituents is 1. The number of alkyl halides is 1. The lowest BCUT2D eigenvalue weighted by Gasteiger charge is -2.51. The SMILES string of the molecule is O=C(NC1C(=O)N2C(C(=O)OCc3ccc([N+](=O)[O-])cc3)C(CBr)=CS[C@@H]12)C(C(=O)OC(c1ccccc1)c1ccccc1)c1ccccc1. The third-order valence-corrected chi connectivity index (χ3v) is 10.2. The molecule has 4 aromatic rings. The Hall–Kier alpha value is -5.27. The maximum Gasteiger partial charge on any atom is 0.333 e. The zero-order valence-electron chi connectivity index (χ0n) is 26.3. The molecule has 0 radical (unpaired) electrons. The van der Waals surface area contributed by atoms with Gasteiger partial charge in [0.05, 0.1) is 4.92 Å². The van der Waals surface area contributed by atoms with Crippen molar-refractivity contribution in [1.29, 1.82) is 0 Å². The summed E-state index contributed by atoms with van der Waals surface area (Å²) in [6.45, 7) is -0.156. The summed E-state index contributed by atoms with van der Waals surface area (Å²) >= 11 is 4.66. The molecule has 2 aliphatic rings. The van der Waals surface area contributed by atoms with Crippen LogP contribution in [0.5, 0.6) is 0 Å². The van der Waals surface area contributed by atoms with Crippen molar-refractivity contribution in [2.24, 2.45) is 0 Å². The Balaban J connectivity index is 1.19. The number of nitro groups is 1. The molecular formula is C37H30BrN3O8S. The maximum atomic E-state index is 14.0. The number of fused-ring (bicyclic) bond motifs is 1. The van der Waals surface area contributed by atoms with E-state index in [2.05, 4.69) is 21.2 Å². The molecule has 2 amide bonds. The van der Waals surface area contributed by atoms with Gasteiger partial charge in [-0.25, -0.2) is 4.79 Å². The number of halogens is 1. The Bertz CT molecular complexity index is 1870. The summed E-state index contributed by atoms with van der Waals surface area (Å²) in [7, 11) is 0. The summed E-state index contributed by atoms with van der Waals surface area (Å²) in [5.41, 5.74) is 2.88. The number of carbonyl (C=O) groups is 4. The Morgan fingerprint density at radius 3 is 1.96 bits per heavy atom. The second kappa shape index (κ2) is 15.5. The first-order valence-corrected chi connectivity index (χ1v) is 17.6. The zero-order valence-corrected chi connectivity index (χ0v) is 28.7. The summed E-state index contributed by atoms with van der Waals surface area (Å²) in [6.07, 6.45) is -0.788. The molecule has 13 heteroatoms. The molecule has 3 unspecified atom stereocenters. The number of nitrogens with zero attached hydrogens (tertiary/aromatic N) is 2. The van der Waals surface area contributed by atoms with Crippen molar-refractivity contribution in [3.05, 3.63) is 159 Å². The average molecular weight is 757 g/mol. The molecule has 4 atom stereocenters. The van der Waals surface area contributed by atoms with Crippen molar-refractivity contribution < 1.29 is 33.6 Å². The van der Waals surface area contributed by atoms with Gasteiger partial charge in [0.1, 0.15) is 18.0 Å². The van der Waals surface area contributed by atoms with Gasteiger partial charge >= 0.3 is 11.9 Å². The molecule has 6 rings (SSSR count). The van der Waals surface area contributed by atoms with Gasteiger partial charge in [0, 0.05) is 17.5 Å². The molecule has 0 spiro atoms. The number of ether oxygens (including phenoxy) is 2. The standard InChI is InChI=1S/C37H30BrN3O8S/c38-20-27-22-50-35-30(34(43)40(35)31(27)37(45)48-21-23-16-18-28(19-17-23)41(46)47)39-33(42)29(24-10-4-1-5-11-24)36(44)49-32(25-12-6-2-7-13-25)26-14-8-3-9-15-26/h1-19,22,29-32,35H,20-21H2,(H,39,42)/t29?,30?,31?,35-/m0/s1. The van der Waals surface area contributed by atoms with Gasteiger partial charge in [-0.2, -0.15) is 0 Å². The van der Waals surface area contributed by atoms with E-state index in [4.69, 9.17) is 9.47 Å². The normalized spacial score (nSPS) is 18.6. The topological polar surface area (TPSA) is 145 Å². The molecule has 4 aromatic carbocycles. The van der Waals surface area contributed by atoms with E-state index in [1.807, 2.05) is 60.7 Å². The van der Waals surface area contributed by atoms with Gasteiger partial charge < -0.3 is 19.7 Å². The second-order valence-corrected chi connectivity index (χ2v) is 13.1. The van der Waals surface area contributed by atoms with Crippen LogP contribution in [0.15, 0.2) is 126 Å². The van der Waals surface area contributed by atoms with E-state index in [1.54, 1.807) is 35.7 Å². The van der Waals surface area contributed by atoms with Gasteiger partial charge in [0.15, 0.2) is 18.1 Å². The molecule has 0 aliphatic carbocycles. The maximum absolute atomic E-state index is 14.0. The number of carbonyl (C=O) groups excluding carboxylic acids is 4. The van der Waals surface area contributed by atoms with Crippen LogP contribution in [0.2, 0.25) is 0 Å². The Morgan fingerprint density at radius 2 is 1.42 bits per heavy atom. The van der Waals surface area contributed by atoms with E-state index in [0.717, 1.165) is 11.1 Å². The smallest absolute Gasteiger partial charge is 0.333 e. The van der Waals surface area contributed by atoms with Crippen LogP contribution in [0.1, 0.15) is 34.3 Å². The third kappa shape index (κ3) is 7.33. The van der Waals surface area contributed by atoms with Crippen LogP contribution in [0.4, 0.5) is 5.69 Å². The highest BCUT2D eigenvalue weighted by atomic mass is 79.9. The monoisotopic (exact) mass is 755 g/mol. The molecule has 1 saturated heterocycles. The summed E-state index contributed by atoms with van der Waals surface area (Å²) in [6, 6.07) is 30.4. The Morgan fingerprint density at radius 1 is 0.860 bits per heavy atom. The first-order chi connectivity index (χ1) is 24.3. The van der Waals surface area contributed by atoms with Gasteiger partial charge in [-0.3, -0.25) is 24.5 Å². The Labute approximate surface area is 299 Å². The van der Waals surface area contributed by atoms with E-state index in [-0.39, 0.29) is 17.6 Å². The number of nitrogens with one attached hydrogen (secondary N) is 1. The van der Waals surface area contributed by atoms with E-state index >= 15 is 0 Å². The van der Waals surface area contributed by atoms with Gasteiger partial charge in [0.25, 0.3) is 5.69 Å². The van der Waals surface area contributed by atoms with E-state index in [9.17, 15) is 29.3 Å².